The molecular weight excluding hydrogens is 256 g/mol. The molecule has 0 radical (unpaired) electrons. The van der Waals surface area contributed by atoms with Gasteiger partial charge in [-0.25, -0.2) is 0 Å². The standard InChI is InChI=1S/C15H22N2O3/c1-20-14-9-12(5-6-13(14)18)10-16-11-15(19)17-7-3-2-4-8-17/h5-6,9,16,18H,2-4,7-8,10-11H2,1H3. The Bertz CT molecular complexity index is 456. The highest BCUT2D eigenvalue weighted by molar-refractivity contribution is 5.78. The number of likely N-dealkylation sites (tertiary alicyclic amines) is 1. The van der Waals surface area contributed by atoms with Crippen LogP contribution >= 0.6 is 0 Å². The molecule has 0 aliphatic carbocycles. The molecule has 0 bridgehead atoms. The van der Waals surface area contributed by atoms with Gasteiger partial charge in [0.05, 0.1) is 13.7 Å². The summed E-state index contributed by atoms with van der Waals surface area (Å²) in [7, 11) is 1.52. The number of rotatable bonds is 5. The first kappa shape index (κ1) is 14.7. The second-order valence-corrected chi connectivity index (χ2v) is 5.05. The lowest BCUT2D eigenvalue weighted by molar-refractivity contribution is -0.131. The fourth-order valence-corrected chi connectivity index (χ4v) is 2.40. The molecule has 0 atom stereocenters. The lowest BCUT2D eigenvalue weighted by Crippen LogP contribution is -2.40. The Hall–Kier alpha value is -1.75. The summed E-state index contributed by atoms with van der Waals surface area (Å²) >= 11 is 0. The van der Waals surface area contributed by atoms with Gasteiger partial charge in [0.25, 0.3) is 0 Å². The molecule has 5 heteroatoms. The van der Waals surface area contributed by atoms with Gasteiger partial charge in [-0.15, -0.1) is 0 Å². The monoisotopic (exact) mass is 278 g/mol. The summed E-state index contributed by atoms with van der Waals surface area (Å²) in [6.07, 6.45) is 3.45. The zero-order valence-corrected chi connectivity index (χ0v) is 11.9. The van der Waals surface area contributed by atoms with E-state index in [1.54, 1.807) is 12.1 Å². The molecule has 1 aliphatic rings. The Kier molecular flexibility index (Phi) is 5.24. The number of piperidine rings is 1. The zero-order valence-electron chi connectivity index (χ0n) is 11.9. The molecule has 1 amide bonds. The average molecular weight is 278 g/mol. The first-order valence-corrected chi connectivity index (χ1v) is 7.05. The summed E-state index contributed by atoms with van der Waals surface area (Å²) in [6.45, 7) is 2.69. The summed E-state index contributed by atoms with van der Waals surface area (Å²) in [5.74, 6) is 0.739. The van der Waals surface area contributed by atoms with Crippen LogP contribution in [0.4, 0.5) is 0 Å². The Morgan fingerprint density at radius 1 is 1.35 bits per heavy atom. The Balaban J connectivity index is 1.79. The average Bonchev–Trinajstić information content (AvgIpc) is 2.49. The minimum Gasteiger partial charge on any atom is -0.504 e. The summed E-state index contributed by atoms with van der Waals surface area (Å²) in [4.78, 5) is 13.9. The molecule has 2 N–H and O–H groups in total. The number of benzene rings is 1. The van der Waals surface area contributed by atoms with Gasteiger partial charge in [-0.3, -0.25) is 4.79 Å². The number of carbonyl (C=O) groups excluding carboxylic acids is 1. The van der Waals surface area contributed by atoms with E-state index in [0.717, 1.165) is 31.5 Å². The van der Waals surface area contributed by atoms with Crippen molar-refractivity contribution >= 4 is 5.91 Å². The maximum Gasteiger partial charge on any atom is 0.236 e. The Morgan fingerprint density at radius 3 is 2.80 bits per heavy atom. The van der Waals surface area contributed by atoms with Gasteiger partial charge in [-0.2, -0.15) is 0 Å². The maximum atomic E-state index is 12.0. The molecular formula is C15H22N2O3. The first-order chi connectivity index (χ1) is 9.70. The molecule has 1 saturated heterocycles. The van der Waals surface area contributed by atoms with Gasteiger partial charge in [0, 0.05) is 19.6 Å². The summed E-state index contributed by atoms with van der Waals surface area (Å²) in [6, 6.07) is 5.19. The number of phenolic OH excluding ortho intramolecular Hbond substituents is 1. The third kappa shape index (κ3) is 3.87. The lowest BCUT2D eigenvalue weighted by atomic mass is 10.1. The van der Waals surface area contributed by atoms with E-state index in [1.165, 1.54) is 13.5 Å². The molecule has 5 nitrogen and oxygen atoms in total. The number of aromatic hydroxyl groups is 1. The predicted octanol–water partition coefficient (Wildman–Crippen LogP) is 1.50. The molecule has 0 aromatic heterocycles. The second-order valence-electron chi connectivity index (χ2n) is 5.05. The lowest BCUT2D eigenvalue weighted by Gasteiger charge is -2.26. The van der Waals surface area contributed by atoms with E-state index in [-0.39, 0.29) is 11.7 Å². The van der Waals surface area contributed by atoms with Crippen LogP contribution in [-0.4, -0.2) is 42.7 Å². The number of nitrogens with one attached hydrogen (secondary N) is 1. The largest absolute Gasteiger partial charge is 0.504 e. The Morgan fingerprint density at radius 2 is 2.10 bits per heavy atom. The first-order valence-electron chi connectivity index (χ1n) is 7.05. The van der Waals surface area contributed by atoms with Crippen LogP contribution in [0.15, 0.2) is 18.2 Å². The van der Waals surface area contributed by atoms with Crippen LogP contribution in [-0.2, 0) is 11.3 Å². The predicted molar refractivity (Wildman–Crippen MR) is 76.8 cm³/mol. The van der Waals surface area contributed by atoms with Crippen LogP contribution in [0.1, 0.15) is 24.8 Å². The van der Waals surface area contributed by atoms with Crippen LogP contribution < -0.4 is 10.1 Å². The molecule has 20 heavy (non-hydrogen) atoms. The van der Waals surface area contributed by atoms with Gasteiger partial charge in [-0.1, -0.05) is 6.07 Å². The van der Waals surface area contributed by atoms with Crippen molar-refractivity contribution in [3.05, 3.63) is 23.8 Å². The number of amides is 1. The van der Waals surface area contributed by atoms with E-state index >= 15 is 0 Å². The molecule has 2 rings (SSSR count). The van der Waals surface area contributed by atoms with Crippen molar-refractivity contribution < 1.29 is 14.6 Å². The number of hydrogen-bond donors (Lipinski definition) is 2. The van der Waals surface area contributed by atoms with Crippen molar-refractivity contribution in [3.63, 3.8) is 0 Å². The maximum absolute atomic E-state index is 12.0. The fourth-order valence-electron chi connectivity index (χ4n) is 2.40. The Labute approximate surface area is 119 Å². The number of nitrogens with zero attached hydrogens (tertiary/aromatic N) is 1. The third-order valence-corrected chi connectivity index (χ3v) is 3.56. The van der Waals surface area contributed by atoms with Crippen molar-refractivity contribution in [2.24, 2.45) is 0 Å². The fraction of sp³-hybridized carbons (Fsp3) is 0.533. The minimum absolute atomic E-state index is 0.126. The molecule has 1 heterocycles. The quantitative estimate of drug-likeness (QED) is 0.857. The van der Waals surface area contributed by atoms with E-state index in [9.17, 15) is 9.90 Å². The van der Waals surface area contributed by atoms with Crippen molar-refractivity contribution in [2.45, 2.75) is 25.8 Å². The van der Waals surface area contributed by atoms with E-state index in [4.69, 9.17) is 4.74 Å². The number of hydrogen-bond acceptors (Lipinski definition) is 4. The van der Waals surface area contributed by atoms with Crippen molar-refractivity contribution in [1.29, 1.82) is 0 Å². The van der Waals surface area contributed by atoms with E-state index in [2.05, 4.69) is 5.32 Å². The van der Waals surface area contributed by atoms with Gasteiger partial charge >= 0.3 is 0 Å². The number of methoxy groups -OCH3 is 1. The molecule has 1 aromatic rings. The molecule has 1 fully saturated rings. The minimum atomic E-state index is 0.126. The van der Waals surface area contributed by atoms with Gasteiger partial charge in [0.1, 0.15) is 0 Å². The topological polar surface area (TPSA) is 61.8 Å². The molecule has 1 aliphatic heterocycles. The van der Waals surface area contributed by atoms with Crippen LogP contribution in [0.5, 0.6) is 11.5 Å². The SMILES string of the molecule is COc1cc(CNCC(=O)N2CCCCC2)ccc1O. The van der Waals surface area contributed by atoms with E-state index in [1.807, 2.05) is 11.0 Å². The number of phenols is 1. The number of ether oxygens (including phenoxy) is 1. The van der Waals surface area contributed by atoms with Crippen LogP contribution in [0.2, 0.25) is 0 Å². The van der Waals surface area contributed by atoms with Crippen LogP contribution in [0.25, 0.3) is 0 Å². The third-order valence-electron chi connectivity index (χ3n) is 3.56. The summed E-state index contributed by atoms with van der Waals surface area (Å²) < 4.78 is 5.06. The normalized spacial score (nSPS) is 15.2. The second kappa shape index (κ2) is 7.14. The van der Waals surface area contributed by atoms with E-state index in [0.29, 0.717) is 18.8 Å². The van der Waals surface area contributed by atoms with Crippen LogP contribution in [0, 0.1) is 0 Å². The summed E-state index contributed by atoms with van der Waals surface area (Å²) in [5.41, 5.74) is 0.978. The van der Waals surface area contributed by atoms with E-state index < -0.39 is 0 Å². The van der Waals surface area contributed by atoms with Gasteiger partial charge < -0.3 is 20.1 Å². The highest BCUT2D eigenvalue weighted by Crippen LogP contribution is 2.26. The van der Waals surface area contributed by atoms with Gasteiger partial charge in [0.15, 0.2) is 11.5 Å². The summed E-state index contributed by atoms with van der Waals surface area (Å²) in [5, 5.41) is 12.7. The van der Waals surface area contributed by atoms with Crippen molar-refractivity contribution in [2.75, 3.05) is 26.7 Å². The molecule has 110 valence electrons. The highest BCUT2D eigenvalue weighted by atomic mass is 16.5. The van der Waals surface area contributed by atoms with Crippen LogP contribution in [0.3, 0.4) is 0 Å². The van der Waals surface area contributed by atoms with Gasteiger partial charge in [-0.05, 0) is 37.0 Å². The smallest absolute Gasteiger partial charge is 0.236 e. The highest BCUT2D eigenvalue weighted by Gasteiger charge is 2.15. The zero-order chi connectivity index (χ0) is 14.4. The van der Waals surface area contributed by atoms with Crippen molar-refractivity contribution in [1.82, 2.24) is 10.2 Å². The molecule has 1 aromatic carbocycles. The van der Waals surface area contributed by atoms with Crippen molar-refractivity contribution in [3.8, 4) is 11.5 Å². The molecule has 0 saturated carbocycles. The van der Waals surface area contributed by atoms with Gasteiger partial charge in [0.2, 0.25) is 5.91 Å². The number of carbonyl (C=O) groups is 1. The molecule has 0 spiro atoms. The molecule has 0 unspecified atom stereocenters.